The fourth-order valence-electron chi connectivity index (χ4n) is 2.29. The number of benzene rings is 1. The maximum absolute atomic E-state index is 12.4. The van der Waals surface area contributed by atoms with E-state index in [-0.39, 0.29) is 16.8 Å². The Morgan fingerprint density at radius 3 is 2.61 bits per heavy atom. The van der Waals surface area contributed by atoms with Crippen LogP contribution in [0.1, 0.15) is 38.3 Å². The second kappa shape index (κ2) is 6.98. The number of carbonyl (C=O) groups excluding carboxylic acids is 1. The van der Waals surface area contributed by atoms with E-state index >= 15 is 0 Å². The zero-order valence-electron chi connectivity index (χ0n) is 13.7. The van der Waals surface area contributed by atoms with E-state index in [4.69, 9.17) is 9.88 Å². The first-order chi connectivity index (χ1) is 10.7. The van der Waals surface area contributed by atoms with Crippen LogP contribution in [-0.2, 0) is 19.6 Å². The number of rotatable bonds is 7. The highest BCUT2D eigenvalue weighted by Gasteiger charge is 2.27. The van der Waals surface area contributed by atoms with Gasteiger partial charge >= 0.3 is 0 Å². The Hall–Kier alpha value is -1.44. The third-order valence-electron chi connectivity index (χ3n) is 4.22. The van der Waals surface area contributed by atoms with Crippen LogP contribution in [0.2, 0.25) is 0 Å². The largest absolute Gasteiger partial charge is 0.368 e. The maximum atomic E-state index is 12.4. The monoisotopic (exact) mass is 340 g/mol. The van der Waals surface area contributed by atoms with Gasteiger partial charge in [-0.3, -0.25) is 4.79 Å². The van der Waals surface area contributed by atoms with Gasteiger partial charge in [0, 0.05) is 7.05 Å². The minimum absolute atomic E-state index is 0.0423. The summed E-state index contributed by atoms with van der Waals surface area (Å²) in [5.41, 5.74) is 0.710. The Balaban J connectivity index is 2.05. The third kappa shape index (κ3) is 4.76. The second-order valence-electron chi connectivity index (χ2n) is 6.16. The van der Waals surface area contributed by atoms with Gasteiger partial charge in [0.2, 0.25) is 10.0 Å². The van der Waals surface area contributed by atoms with Crippen molar-refractivity contribution in [2.24, 2.45) is 11.1 Å². The Kier molecular flexibility index (Phi) is 5.44. The number of hydrogen-bond donors (Lipinski definition) is 1. The standard InChI is InChI=1S/C16H24N2O4S/c1-11(14-5-4-6-15(9-14)23(17,20)21)18(3)16(19)12(2)22-10-13-7-8-13/h4-6,9,11-13H,7-8,10H2,1-3H3,(H2,17,20,21). The first-order valence-electron chi connectivity index (χ1n) is 7.71. The molecule has 1 aromatic rings. The molecule has 0 radical (unpaired) electrons. The zero-order valence-corrected chi connectivity index (χ0v) is 14.5. The molecule has 0 spiro atoms. The van der Waals surface area contributed by atoms with Crippen molar-refractivity contribution in [2.75, 3.05) is 13.7 Å². The van der Waals surface area contributed by atoms with Crippen molar-refractivity contribution >= 4 is 15.9 Å². The molecule has 128 valence electrons. The van der Waals surface area contributed by atoms with Crippen LogP contribution in [0, 0.1) is 5.92 Å². The number of ether oxygens (including phenoxy) is 1. The minimum atomic E-state index is -3.76. The molecule has 1 amide bonds. The molecule has 1 aromatic carbocycles. The lowest BCUT2D eigenvalue weighted by atomic mass is 10.1. The van der Waals surface area contributed by atoms with Gasteiger partial charge < -0.3 is 9.64 Å². The molecule has 0 bridgehead atoms. The molecule has 0 heterocycles. The van der Waals surface area contributed by atoms with Crippen LogP contribution in [0.3, 0.4) is 0 Å². The first-order valence-corrected chi connectivity index (χ1v) is 9.26. The van der Waals surface area contributed by atoms with E-state index in [1.54, 1.807) is 31.0 Å². The van der Waals surface area contributed by atoms with Gasteiger partial charge in [0.05, 0.1) is 17.5 Å². The van der Waals surface area contributed by atoms with Gasteiger partial charge in [-0.1, -0.05) is 12.1 Å². The van der Waals surface area contributed by atoms with Crippen molar-refractivity contribution in [2.45, 2.75) is 43.7 Å². The Bertz CT molecular complexity index is 670. The molecular weight excluding hydrogens is 316 g/mol. The van der Waals surface area contributed by atoms with Crippen LogP contribution in [0.25, 0.3) is 0 Å². The molecule has 1 aliphatic carbocycles. The Morgan fingerprint density at radius 2 is 2.04 bits per heavy atom. The number of carbonyl (C=O) groups is 1. The van der Waals surface area contributed by atoms with Gasteiger partial charge in [-0.2, -0.15) is 0 Å². The summed E-state index contributed by atoms with van der Waals surface area (Å²) in [7, 11) is -2.07. The van der Waals surface area contributed by atoms with Crippen molar-refractivity contribution in [3.05, 3.63) is 29.8 Å². The predicted octanol–water partition coefficient (Wildman–Crippen LogP) is 1.67. The number of sulfonamides is 1. The lowest BCUT2D eigenvalue weighted by Gasteiger charge is -2.28. The van der Waals surface area contributed by atoms with Crippen molar-refractivity contribution in [1.29, 1.82) is 0 Å². The molecule has 2 rings (SSSR count). The maximum Gasteiger partial charge on any atom is 0.251 e. The molecule has 7 heteroatoms. The molecule has 2 atom stereocenters. The minimum Gasteiger partial charge on any atom is -0.368 e. The smallest absolute Gasteiger partial charge is 0.251 e. The van der Waals surface area contributed by atoms with Crippen molar-refractivity contribution in [1.82, 2.24) is 4.90 Å². The van der Waals surface area contributed by atoms with E-state index in [0.717, 1.165) is 0 Å². The molecule has 2 unspecified atom stereocenters. The summed E-state index contributed by atoms with van der Waals surface area (Å²) in [6.07, 6.45) is 1.84. The Morgan fingerprint density at radius 1 is 1.39 bits per heavy atom. The molecule has 6 nitrogen and oxygen atoms in total. The highest BCUT2D eigenvalue weighted by molar-refractivity contribution is 7.89. The number of nitrogens with zero attached hydrogens (tertiary/aromatic N) is 1. The lowest BCUT2D eigenvalue weighted by Crippen LogP contribution is -2.38. The molecule has 23 heavy (non-hydrogen) atoms. The molecule has 0 aromatic heterocycles. The topological polar surface area (TPSA) is 89.7 Å². The van der Waals surface area contributed by atoms with Gasteiger partial charge in [-0.05, 0) is 50.3 Å². The van der Waals surface area contributed by atoms with Crippen LogP contribution >= 0.6 is 0 Å². The average molecular weight is 340 g/mol. The summed E-state index contributed by atoms with van der Waals surface area (Å²) in [5, 5.41) is 5.16. The van der Waals surface area contributed by atoms with Gasteiger partial charge in [-0.25, -0.2) is 13.6 Å². The molecular formula is C16H24N2O4S. The quantitative estimate of drug-likeness (QED) is 0.817. The van der Waals surface area contributed by atoms with E-state index in [2.05, 4.69) is 0 Å². The number of primary sulfonamides is 1. The number of likely N-dealkylation sites (N-methyl/N-ethyl adjacent to an activating group) is 1. The van der Waals surface area contributed by atoms with E-state index in [0.29, 0.717) is 18.1 Å². The predicted molar refractivity (Wildman–Crippen MR) is 87.1 cm³/mol. The summed E-state index contributed by atoms with van der Waals surface area (Å²) in [4.78, 5) is 14.0. The normalized spacial score (nSPS) is 17.6. The summed E-state index contributed by atoms with van der Waals surface area (Å²) in [6, 6.07) is 6.06. The average Bonchev–Trinajstić information content (AvgIpc) is 3.34. The van der Waals surface area contributed by atoms with E-state index in [9.17, 15) is 13.2 Å². The second-order valence-corrected chi connectivity index (χ2v) is 7.72. The number of nitrogens with two attached hydrogens (primary N) is 1. The molecule has 0 saturated heterocycles. The first kappa shape index (κ1) is 17.9. The summed E-state index contributed by atoms with van der Waals surface area (Å²) >= 11 is 0. The molecule has 0 aliphatic heterocycles. The van der Waals surface area contributed by atoms with Crippen molar-refractivity contribution in [3.8, 4) is 0 Å². The lowest BCUT2D eigenvalue weighted by molar-refractivity contribution is -0.143. The van der Waals surface area contributed by atoms with Crippen molar-refractivity contribution < 1.29 is 17.9 Å². The van der Waals surface area contributed by atoms with Gasteiger partial charge in [0.15, 0.2) is 0 Å². The summed E-state index contributed by atoms with van der Waals surface area (Å²) < 4.78 is 28.5. The summed E-state index contributed by atoms with van der Waals surface area (Å²) in [5.74, 6) is 0.471. The van der Waals surface area contributed by atoms with Crippen LogP contribution in [0.15, 0.2) is 29.2 Å². The SMILES string of the molecule is CC(OCC1CC1)C(=O)N(C)C(C)c1cccc(S(N)(=O)=O)c1. The van der Waals surface area contributed by atoms with Gasteiger partial charge in [-0.15, -0.1) is 0 Å². The fraction of sp³-hybridized carbons (Fsp3) is 0.562. The van der Waals surface area contributed by atoms with Crippen LogP contribution < -0.4 is 5.14 Å². The molecule has 1 aliphatic rings. The number of hydrogen-bond acceptors (Lipinski definition) is 4. The van der Waals surface area contributed by atoms with E-state index in [1.165, 1.54) is 25.0 Å². The highest BCUT2D eigenvalue weighted by atomic mass is 32.2. The molecule has 1 fully saturated rings. The fourth-order valence-corrected chi connectivity index (χ4v) is 2.86. The van der Waals surface area contributed by atoms with Gasteiger partial charge in [0.25, 0.3) is 5.91 Å². The van der Waals surface area contributed by atoms with Crippen LogP contribution in [0.4, 0.5) is 0 Å². The summed E-state index contributed by atoms with van der Waals surface area (Å²) in [6.45, 7) is 4.21. The van der Waals surface area contributed by atoms with Crippen LogP contribution in [-0.4, -0.2) is 39.0 Å². The van der Waals surface area contributed by atoms with Crippen LogP contribution in [0.5, 0.6) is 0 Å². The van der Waals surface area contributed by atoms with Crippen molar-refractivity contribution in [3.63, 3.8) is 0 Å². The van der Waals surface area contributed by atoms with Gasteiger partial charge in [0.1, 0.15) is 6.10 Å². The zero-order chi connectivity index (χ0) is 17.2. The van der Waals surface area contributed by atoms with E-state index < -0.39 is 16.1 Å². The third-order valence-corrected chi connectivity index (χ3v) is 5.14. The highest BCUT2D eigenvalue weighted by Crippen LogP contribution is 2.29. The molecule has 2 N–H and O–H groups in total. The van der Waals surface area contributed by atoms with E-state index in [1.807, 2.05) is 6.92 Å². The number of amides is 1. The molecule has 1 saturated carbocycles. The Labute approximate surface area is 137 Å².